The van der Waals surface area contributed by atoms with Crippen LogP contribution in [-0.4, -0.2) is 52.3 Å². The van der Waals surface area contributed by atoms with Gasteiger partial charge in [0.1, 0.15) is 6.61 Å². The number of nitrogens with one attached hydrogen (secondary N) is 2. The third kappa shape index (κ3) is 5.27. The number of para-hydroxylation sites is 2. The van der Waals surface area contributed by atoms with E-state index in [4.69, 9.17) is 18.9 Å². The average molecular weight is 498 g/mol. The van der Waals surface area contributed by atoms with Gasteiger partial charge in [0.25, 0.3) is 0 Å². The maximum absolute atomic E-state index is 12.3. The van der Waals surface area contributed by atoms with E-state index in [2.05, 4.69) is 20.8 Å². The molecule has 11 nitrogen and oxygen atoms in total. The fourth-order valence-electron chi connectivity index (χ4n) is 3.58. The Morgan fingerprint density at radius 2 is 1.80 bits per heavy atom. The summed E-state index contributed by atoms with van der Waals surface area (Å²) in [6.45, 7) is 1.42. The van der Waals surface area contributed by atoms with Gasteiger partial charge in [0, 0.05) is 25.2 Å². The molecule has 2 aliphatic rings. The molecule has 12 heteroatoms. The number of rotatable bonds is 5. The number of carbonyl (C=O) groups excluding carboxylic acids is 2. The Hall–Kier alpha value is -3.93. The molecule has 35 heavy (non-hydrogen) atoms. The Balaban J connectivity index is 1.13. The van der Waals surface area contributed by atoms with Gasteiger partial charge >= 0.3 is 6.03 Å². The van der Waals surface area contributed by atoms with E-state index in [1.165, 1.54) is 0 Å². The molecule has 3 amide bonds. The summed E-state index contributed by atoms with van der Waals surface area (Å²) in [6.07, 6.45) is 0.360. The monoisotopic (exact) mass is 497 g/mol. The van der Waals surface area contributed by atoms with E-state index in [0.29, 0.717) is 59.5 Å². The molecule has 3 aromatic rings. The smallest absolute Gasteiger partial charge is 0.325 e. The third-order valence-electron chi connectivity index (χ3n) is 5.26. The molecule has 5 rings (SSSR count). The Bertz CT molecular complexity index is 1250. The lowest BCUT2D eigenvalue weighted by molar-refractivity contribution is -0.117. The van der Waals surface area contributed by atoms with Crippen LogP contribution < -0.4 is 29.6 Å². The normalized spacial score (nSPS) is 16.2. The number of hydrogen-bond donors (Lipinski definition) is 2. The maximum atomic E-state index is 12.3. The number of anilines is 1. The molecule has 1 atom stereocenters. The molecule has 0 bridgehead atoms. The summed E-state index contributed by atoms with van der Waals surface area (Å²) in [6, 6.07) is 11.8. The van der Waals surface area contributed by atoms with Gasteiger partial charge in [-0.3, -0.25) is 10.1 Å². The van der Waals surface area contributed by atoms with E-state index in [9.17, 15) is 9.59 Å². The molecular formula is C23H23N5O6S. The highest BCUT2D eigenvalue weighted by molar-refractivity contribution is 7.99. The number of aromatic nitrogens is 3. The largest absolute Gasteiger partial charge is 0.490 e. The first-order valence-electron chi connectivity index (χ1n) is 11.0. The van der Waals surface area contributed by atoms with E-state index in [-0.39, 0.29) is 5.75 Å². The van der Waals surface area contributed by atoms with Crippen LogP contribution >= 0.6 is 11.8 Å². The van der Waals surface area contributed by atoms with Gasteiger partial charge in [-0.05, 0) is 24.3 Å². The quantitative estimate of drug-likeness (QED) is 0.512. The molecule has 2 aliphatic heterocycles. The molecule has 0 saturated heterocycles. The summed E-state index contributed by atoms with van der Waals surface area (Å²) in [5, 5.41) is 13.8. The fourth-order valence-corrected chi connectivity index (χ4v) is 4.29. The maximum Gasteiger partial charge on any atom is 0.325 e. The van der Waals surface area contributed by atoms with Gasteiger partial charge in [-0.1, -0.05) is 23.9 Å². The molecule has 0 fully saturated rings. The van der Waals surface area contributed by atoms with Gasteiger partial charge in [-0.2, -0.15) is 0 Å². The summed E-state index contributed by atoms with van der Waals surface area (Å²) < 4.78 is 24.7. The summed E-state index contributed by atoms with van der Waals surface area (Å²) >= 11 is 1.16. The van der Waals surface area contributed by atoms with Gasteiger partial charge < -0.3 is 28.8 Å². The lowest BCUT2D eigenvalue weighted by atomic mass is 10.2. The van der Waals surface area contributed by atoms with Crippen LogP contribution in [0, 0.1) is 0 Å². The first kappa shape index (κ1) is 22.8. The highest BCUT2D eigenvalue weighted by Gasteiger charge is 2.27. The minimum Gasteiger partial charge on any atom is -0.490 e. The van der Waals surface area contributed by atoms with Crippen LogP contribution in [0.1, 0.15) is 18.3 Å². The van der Waals surface area contributed by atoms with Crippen molar-refractivity contribution in [1.29, 1.82) is 0 Å². The molecule has 2 N–H and O–H groups in total. The molecule has 0 spiro atoms. The molecule has 2 aromatic carbocycles. The topological polar surface area (TPSA) is 126 Å². The SMILES string of the molecule is Cn1c(SCC(=O)NC(=O)Nc2ccc3c(c2)OCCCO3)nnc1C1COc2ccccc2O1. The van der Waals surface area contributed by atoms with Crippen molar-refractivity contribution >= 4 is 29.4 Å². The predicted molar refractivity (Wildman–Crippen MR) is 126 cm³/mol. The number of carbonyl (C=O) groups is 2. The number of fused-ring (bicyclic) bond motifs is 2. The van der Waals surface area contributed by atoms with Crippen molar-refractivity contribution < 1.29 is 28.5 Å². The molecule has 0 radical (unpaired) electrons. The first-order valence-corrected chi connectivity index (χ1v) is 12.0. The van der Waals surface area contributed by atoms with E-state index in [1.54, 1.807) is 29.8 Å². The van der Waals surface area contributed by atoms with E-state index in [1.807, 2.05) is 24.3 Å². The van der Waals surface area contributed by atoms with Gasteiger partial charge in [0.2, 0.25) is 5.91 Å². The average Bonchev–Trinajstić information content (AvgIpc) is 3.07. The molecule has 1 aromatic heterocycles. The molecule has 1 unspecified atom stereocenters. The number of thioether (sulfide) groups is 1. The van der Waals surface area contributed by atoms with Crippen molar-refractivity contribution in [2.75, 3.05) is 30.9 Å². The summed E-state index contributed by atoms with van der Waals surface area (Å²) in [5.41, 5.74) is 0.487. The molecule has 0 saturated carbocycles. The van der Waals surface area contributed by atoms with Crippen LogP contribution in [-0.2, 0) is 11.8 Å². The van der Waals surface area contributed by atoms with Crippen LogP contribution in [0.15, 0.2) is 47.6 Å². The van der Waals surface area contributed by atoms with Crippen molar-refractivity contribution in [2.24, 2.45) is 7.05 Å². The number of amides is 3. The van der Waals surface area contributed by atoms with Gasteiger partial charge in [0.05, 0.1) is 19.0 Å². The van der Waals surface area contributed by atoms with Gasteiger partial charge in [-0.25, -0.2) is 4.79 Å². The second-order valence-electron chi connectivity index (χ2n) is 7.77. The fraction of sp³-hybridized carbons (Fsp3) is 0.304. The minimum atomic E-state index is -0.643. The van der Waals surface area contributed by atoms with Gasteiger partial charge in [0.15, 0.2) is 40.1 Å². The van der Waals surface area contributed by atoms with E-state index in [0.717, 1.165) is 18.2 Å². The van der Waals surface area contributed by atoms with E-state index < -0.39 is 18.0 Å². The predicted octanol–water partition coefficient (Wildman–Crippen LogP) is 2.93. The molecular weight excluding hydrogens is 474 g/mol. The minimum absolute atomic E-state index is 0.0224. The Labute approximate surface area is 205 Å². The first-order chi connectivity index (χ1) is 17.1. The van der Waals surface area contributed by atoms with Crippen LogP contribution in [0.3, 0.4) is 0 Å². The van der Waals surface area contributed by atoms with Crippen molar-refractivity contribution in [2.45, 2.75) is 17.7 Å². The number of urea groups is 1. The molecule has 3 heterocycles. The number of nitrogens with zero attached hydrogens (tertiary/aromatic N) is 3. The number of ether oxygens (including phenoxy) is 4. The lowest BCUT2D eigenvalue weighted by Gasteiger charge is -2.25. The zero-order valence-corrected chi connectivity index (χ0v) is 19.7. The highest BCUT2D eigenvalue weighted by Crippen LogP contribution is 2.36. The van der Waals surface area contributed by atoms with Crippen LogP contribution in [0.4, 0.5) is 10.5 Å². The summed E-state index contributed by atoms with van der Waals surface area (Å²) in [4.78, 5) is 24.6. The Kier molecular flexibility index (Phi) is 6.62. The van der Waals surface area contributed by atoms with Crippen LogP contribution in [0.5, 0.6) is 23.0 Å². The summed E-state index contributed by atoms with van der Waals surface area (Å²) in [5.74, 6) is 2.58. The zero-order chi connectivity index (χ0) is 24.2. The van der Waals surface area contributed by atoms with E-state index >= 15 is 0 Å². The summed E-state index contributed by atoms with van der Waals surface area (Å²) in [7, 11) is 1.79. The van der Waals surface area contributed by atoms with Crippen LogP contribution in [0.2, 0.25) is 0 Å². The number of benzene rings is 2. The Morgan fingerprint density at radius 1 is 1.03 bits per heavy atom. The second-order valence-corrected chi connectivity index (χ2v) is 8.71. The number of hydrogen-bond acceptors (Lipinski definition) is 9. The highest BCUT2D eigenvalue weighted by atomic mass is 32.2. The second kappa shape index (κ2) is 10.1. The zero-order valence-electron chi connectivity index (χ0n) is 18.9. The van der Waals surface area contributed by atoms with Crippen LogP contribution in [0.25, 0.3) is 0 Å². The lowest BCUT2D eigenvalue weighted by Crippen LogP contribution is -2.35. The number of imide groups is 1. The third-order valence-corrected chi connectivity index (χ3v) is 6.28. The van der Waals surface area contributed by atoms with Crippen molar-refractivity contribution in [3.05, 3.63) is 48.3 Å². The van der Waals surface area contributed by atoms with Gasteiger partial charge in [-0.15, -0.1) is 10.2 Å². The molecule has 182 valence electrons. The molecule has 0 aliphatic carbocycles. The van der Waals surface area contributed by atoms with Crippen molar-refractivity contribution in [3.63, 3.8) is 0 Å². The van der Waals surface area contributed by atoms with Crippen molar-refractivity contribution in [1.82, 2.24) is 20.1 Å². The van der Waals surface area contributed by atoms with Crippen molar-refractivity contribution in [3.8, 4) is 23.0 Å². The standard InChI is InChI=1S/C23H23N5O6S/c1-28-21(19-12-33-15-5-2-3-6-17(15)34-19)26-27-23(28)35-13-20(29)25-22(30)24-14-7-8-16-18(11-14)32-10-4-9-31-16/h2-3,5-8,11,19H,4,9-10,12-13H2,1H3,(H2,24,25,29,30). The Morgan fingerprint density at radius 3 is 2.66 bits per heavy atom.